The number of carbonyl (C=O) groups excluding carboxylic acids is 1. The molecule has 1 heterocycles. The van der Waals surface area contributed by atoms with E-state index in [0.29, 0.717) is 5.91 Å². The van der Waals surface area contributed by atoms with Crippen molar-refractivity contribution in [2.45, 2.75) is 25.2 Å². The Morgan fingerprint density at radius 1 is 1.32 bits per heavy atom. The first-order valence-electron chi connectivity index (χ1n) is 7.30. The van der Waals surface area contributed by atoms with Crippen molar-refractivity contribution >= 4 is 5.91 Å². The van der Waals surface area contributed by atoms with Crippen LogP contribution < -0.4 is 5.32 Å². The minimum absolute atomic E-state index is 0.136. The molecule has 1 amide bonds. The number of benzene rings is 1. The van der Waals surface area contributed by atoms with Crippen LogP contribution in [0.15, 0.2) is 24.3 Å². The smallest absolute Gasteiger partial charge is 0.230 e. The summed E-state index contributed by atoms with van der Waals surface area (Å²) in [5.41, 5.74) is 2.61. The van der Waals surface area contributed by atoms with E-state index in [1.807, 2.05) is 13.1 Å². The van der Waals surface area contributed by atoms with Gasteiger partial charge in [-0.25, -0.2) is 0 Å². The van der Waals surface area contributed by atoms with E-state index >= 15 is 0 Å². The molecule has 1 aromatic rings. The molecule has 0 bridgehead atoms. The number of likely N-dealkylation sites (tertiary alicyclic amines) is 1. The summed E-state index contributed by atoms with van der Waals surface area (Å²) in [6, 6.07) is 8.34. The van der Waals surface area contributed by atoms with Crippen molar-refractivity contribution in [2.75, 3.05) is 26.7 Å². The Kier molecular flexibility index (Phi) is 3.56. The highest BCUT2D eigenvalue weighted by Gasteiger charge is 2.35. The van der Waals surface area contributed by atoms with Crippen molar-refractivity contribution in [1.82, 2.24) is 10.2 Å². The predicted molar refractivity (Wildman–Crippen MR) is 76.1 cm³/mol. The van der Waals surface area contributed by atoms with Gasteiger partial charge in [-0.15, -0.1) is 0 Å². The van der Waals surface area contributed by atoms with Crippen LogP contribution >= 0.6 is 0 Å². The Morgan fingerprint density at radius 3 is 2.74 bits per heavy atom. The Hall–Kier alpha value is -1.35. The molecule has 1 atom stereocenters. The van der Waals surface area contributed by atoms with Crippen molar-refractivity contribution in [3.05, 3.63) is 35.4 Å². The molecule has 0 radical (unpaired) electrons. The van der Waals surface area contributed by atoms with Gasteiger partial charge in [-0.2, -0.15) is 0 Å². The number of nitrogens with one attached hydrogen (secondary N) is 1. The van der Waals surface area contributed by atoms with Crippen LogP contribution in [-0.4, -0.2) is 37.5 Å². The minimum Gasteiger partial charge on any atom is -0.342 e. The molecule has 1 saturated heterocycles. The van der Waals surface area contributed by atoms with E-state index in [4.69, 9.17) is 0 Å². The van der Waals surface area contributed by atoms with Gasteiger partial charge in [0.15, 0.2) is 0 Å². The highest BCUT2D eigenvalue weighted by atomic mass is 16.2. The van der Waals surface area contributed by atoms with Gasteiger partial charge >= 0.3 is 0 Å². The highest BCUT2D eigenvalue weighted by molar-refractivity contribution is 5.87. The molecule has 1 aliphatic carbocycles. The van der Waals surface area contributed by atoms with Gasteiger partial charge in [-0.1, -0.05) is 24.3 Å². The Labute approximate surface area is 115 Å². The molecule has 3 rings (SSSR count). The molecular formula is C16H22N2O. The molecule has 1 N–H and O–H groups in total. The van der Waals surface area contributed by atoms with Gasteiger partial charge in [-0.05, 0) is 49.9 Å². The first kappa shape index (κ1) is 12.7. The third-order valence-corrected chi connectivity index (χ3v) is 4.57. The molecule has 3 nitrogen and oxygen atoms in total. The summed E-state index contributed by atoms with van der Waals surface area (Å²) >= 11 is 0. The largest absolute Gasteiger partial charge is 0.342 e. The van der Waals surface area contributed by atoms with E-state index < -0.39 is 0 Å². The fraction of sp³-hybridized carbons (Fsp3) is 0.562. The number of fused-ring (bicyclic) bond motifs is 1. The van der Waals surface area contributed by atoms with Gasteiger partial charge in [0.2, 0.25) is 5.91 Å². The van der Waals surface area contributed by atoms with Gasteiger partial charge < -0.3 is 10.2 Å². The van der Waals surface area contributed by atoms with E-state index in [0.717, 1.165) is 44.8 Å². The molecule has 0 spiro atoms. The predicted octanol–water partition coefficient (Wildman–Crippen LogP) is 1.78. The number of hydrogen-bond acceptors (Lipinski definition) is 2. The van der Waals surface area contributed by atoms with E-state index in [2.05, 4.69) is 28.4 Å². The van der Waals surface area contributed by atoms with Crippen molar-refractivity contribution < 1.29 is 4.79 Å². The maximum Gasteiger partial charge on any atom is 0.230 e. The monoisotopic (exact) mass is 258 g/mol. The summed E-state index contributed by atoms with van der Waals surface area (Å²) in [5, 5.41) is 3.24. The zero-order chi connectivity index (χ0) is 13.2. The van der Waals surface area contributed by atoms with E-state index in [1.54, 1.807) is 0 Å². The van der Waals surface area contributed by atoms with Crippen LogP contribution in [0.5, 0.6) is 0 Å². The van der Waals surface area contributed by atoms with E-state index in [-0.39, 0.29) is 5.92 Å². The van der Waals surface area contributed by atoms with Crippen LogP contribution in [0.25, 0.3) is 0 Å². The SMILES string of the molecule is CNCC1CCN(C(=O)C2Cc3ccccc32)CC1. The topological polar surface area (TPSA) is 32.3 Å². The standard InChI is InChI=1S/C16H22N2O/c1-17-11-12-6-8-18(9-7-12)16(19)15-10-13-4-2-3-5-14(13)15/h2-5,12,15,17H,6-11H2,1H3. The third kappa shape index (κ3) is 2.39. The molecule has 1 fully saturated rings. The first-order valence-corrected chi connectivity index (χ1v) is 7.30. The average molecular weight is 258 g/mol. The second-order valence-corrected chi connectivity index (χ2v) is 5.78. The summed E-state index contributed by atoms with van der Waals surface area (Å²) in [6.45, 7) is 2.95. The van der Waals surface area contributed by atoms with E-state index in [1.165, 1.54) is 11.1 Å². The molecule has 0 aromatic heterocycles. The molecule has 3 heteroatoms. The van der Waals surface area contributed by atoms with Gasteiger partial charge in [0.1, 0.15) is 0 Å². The lowest BCUT2D eigenvalue weighted by Gasteiger charge is -2.37. The first-order chi connectivity index (χ1) is 9.29. The molecule has 2 aliphatic rings. The van der Waals surface area contributed by atoms with Gasteiger partial charge in [0.25, 0.3) is 0 Å². The summed E-state index contributed by atoms with van der Waals surface area (Å²) in [4.78, 5) is 14.6. The van der Waals surface area contributed by atoms with Gasteiger partial charge in [0.05, 0.1) is 5.92 Å². The van der Waals surface area contributed by atoms with Crippen molar-refractivity contribution in [2.24, 2.45) is 5.92 Å². The van der Waals surface area contributed by atoms with Crippen LogP contribution in [-0.2, 0) is 11.2 Å². The minimum atomic E-state index is 0.136. The van der Waals surface area contributed by atoms with Gasteiger partial charge in [-0.3, -0.25) is 4.79 Å². The summed E-state index contributed by atoms with van der Waals surface area (Å²) in [6.07, 6.45) is 3.22. The average Bonchev–Trinajstić information content (AvgIpc) is 2.41. The van der Waals surface area contributed by atoms with Crippen molar-refractivity contribution in [3.8, 4) is 0 Å². The molecule has 0 saturated carbocycles. The normalized spacial score (nSPS) is 22.8. The van der Waals surface area contributed by atoms with Crippen molar-refractivity contribution in [3.63, 3.8) is 0 Å². The van der Waals surface area contributed by atoms with Crippen LogP contribution in [0.1, 0.15) is 29.9 Å². The Balaban J connectivity index is 1.59. The lowest BCUT2D eigenvalue weighted by molar-refractivity contribution is -0.134. The number of amides is 1. The zero-order valence-corrected chi connectivity index (χ0v) is 11.6. The second-order valence-electron chi connectivity index (χ2n) is 5.78. The quantitative estimate of drug-likeness (QED) is 0.896. The summed E-state index contributed by atoms with van der Waals surface area (Å²) in [7, 11) is 2.00. The van der Waals surface area contributed by atoms with Crippen LogP contribution in [0, 0.1) is 5.92 Å². The maximum absolute atomic E-state index is 12.5. The molecule has 1 aromatic carbocycles. The number of piperidine rings is 1. The highest BCUT2D eigenvalue weighted by Crippen LogP contribution is 2.36. The summed E-state index contributed by atoms with van der Waals surface area (Å²) < 4.78 is 0. The lowest BCUT2D eigenvalue weighted by atomic mass is 9.76. The van der Waals surface area contributed by atoms with Crippen LogP contribution in [0.4, 0.5) is 0 Å². The van der Waals surface area contributed by atoms with E-state index in [9.17, 15) is 4.79 Å². The second kappa shape index (κ2) is 5.33. The molecule has 19 heavy (non-hydrogen) atoms. The molecule has 102 valence electrons. The fourth-order valence-electron chi connectivity index (χ4n) is 3.35. The van der Waals surface area contributed by atoms with Gasteiger partial charge in [0, 0.05) is 13.1 Å². The molecule has 1 aliphatic heterocycles. The number of rotatable bonds is 3. The molecular weight excluding hydrogens is 236 g/mol. The zero-order valence-electron chi connectivity index (χ0n) is 11.6. The Morgan fingerprint density at radius 2 is 2.05 bits per heavy atom. The maximum atomic E-state index is 12.5. The number of hydrogen-bond donors (Lipinski definition) is 1. The fourth-order valence-corrected chi connectivity index (χ4v) is 3.35. The van der Waals surface area contributed by atoms with Crippen LogP contribution in [0.3, 0.4) is 0 Å². The summed E-state index contributed by atoms with van der Waals surface area (Å²) in [5.74, 6) is 1.22. The number of nitrogens with zero attached hydrogens (tertiary/aromatic N) is 1. The number of carbonyl (C=O) groups is 1. The molecule has 1 unspecified atom stereocenters. The van der Waals surface area contributed by atoms with Crippen molar-refractivity contribution in [1.29, 1.82) is 0 Å². The Bertz CT molecular complexity index is 464. The lowest BCUT2D eigenvalue weighted by Crippen LogP contribution is -2.44. The third-order valence-electron chi connectivity index (χ3n) is 4.57. The van der Waals surface area contributed by atoms with Crippen LogP contribution in [0.2, 0.25) is 0 Å².